The van der Waals surface area contributed by atoms with E-state index >= 15 is 0 Å². The predicted octanol–water partition coefficient (Wildman–Crippen LogP) is 3.49. The Balaban J connectivity index is 2.08. The molecule has 2 aromatic carbocycles. The lowest BCUT2D eigenvalue weighted by Crippen LogP contribution is -2.14. The van der Waals surface area contributed by atoms with Gasteiger partial charge in [0.25, 0.3) is 0 Å². The van der Waals surface area contributed by atoms with Crippen LogP contribution in [-0.2, 0) is 6.42 Å². The van der Waals surface area contributed by atoms with Crippen LogP contribution >= 0.6 is 0 Å². The summed E-state index contributed by atoms with van der Waals surface area (Å²) in [7, 11) is 0. The molecule has 2 aromatic rings. The van der Waals surface area contributed by atoms with Crippen LogP contribution in [0.1, 0.15) is 11.1 Å². The average molecular weight is 208 g/mol. The highest BCUT2D eigenvalue weighted by Crippen LogP contribution is 2.35. The summed E-state index contributed by atoms with van der Waals surface area (Å²) in [6.07, 6.45) is 1.14. The minimum Gasteiger partial charge on any atom is -0.341 e. The second-order valence-electron chi connectivity index (χ2n) is 4.21. The van der Waals surface area contributed by atoms with Gasteiger partial charge in [-0.1, -0.05) is 30.3 Å². The zero-order chi connectivity index (χ0) is 11.0. The standard InChI is InChI=1S/C15H14N/c1-12-6-2-4-8-14(12)16-11-10-13-7-3-5-9-15(13)16/h2-5,7-9H,10-11H2,1H3. The van der Waals surface area contributed by atoms with Gasteiger partial charge in [0.15, 0.2) is 0 Å². The van der Waals surface area contributed by atoms with E-state index in [2.05, 4.69) is 54.3 Å². The Bertz CT molecular complexity index is 516. The first-order chi connectivity index (χ1) is 7.86. The number of fused-ring (bicyclic) bond motifs is 1. The number of hydrogen-bond acceptors (Lipinski definition) is 1. The third-order valence-electron chi connectivity index (χ3n) is 3.21. The van der Waals surface area contributed by atoms with Crippen molar-refractivity contribution in [3.05, 3.63) is 59.7 Å². The fourth-order valence-corrected chi connectivity index (χ4v) is 2.39. The van der Waals surface area contributed by atoms with Crippen LogP contribution in [-0.4, -0.2) is 6.54 Å². The molecule has 1 aliphatic rings. The molecule has 1 heteroatoms. The Hall–Kier alpha value is -1.76. The number of hydrogen-bond donors (Lipinski definition) is 0. The monoisotopic (exact) mass is 208 g/mol. The van der Waals surface area contributed by atoms with Crippen LogP contribution in [0, 0.1) is 13.0 Å². The molecule has 0 saturated heterocycles. The lowest BCUT2D eigenvalue weighted by molar-refractivity contribution is 0.992. The van der Waals surface area contributed by atoms with Crippen molar-refractivity contribution in [3.63, 3.8) is 0 Å². The molecule has 0 amide bonds. The lowest BCUT2D eigenvalue weighted by atomic mass is 10.1. The van der Waals surface area contributed by atoms with Crippen molar-refractivity contribution in [2.75, 3.05) is 11.4 Å². The van der Waals surface area contributed by atoms with Crippen LogP contribution < -0.4 is 4.90 Å². The van der Waals surface area contributed by atoms with E-state index in [0.29, 0.717) is 0 Å². The summed E-state index contributed by atoms with van der Waals surface area (Å²) in [6.45, 7) is 3.20. The molecular formula is C15H14N. The van der Waals surface area contributed by atoms with E-state index < -0.39 is 0 Å². The molecule has 1 heterocycles. The minimum atomic E-state index is 1.08. The fourth-order valence-electron chi connectivity index (χ4n) is 2.39. The molecule has 0 unspecified atom stereocenters. The number of para-hydroxylation sites is 1. The van der Waals surface area contributed by atoms with Gasteiger partial charge in [-0.2, -0.15) is 0 Å². The van der Waals surface area contributed by atoms with E-state index in [0.717, 1.165) is 13.0 Å². The van der Waals surface area contributed by atoms with Crippen molar-refractivity contribution in [3.8, 4) is 0 Å². The minimum absolute atomic E-state index is 1.08. The highest BCUT2D eigenvalue weighted by molar-refractivity contribution is 5.71. The highest BCUT2D eigenvalue weighted by Gasteiger charge is 2.20. The van der Waals surface area contributed by atoms with E-state index in [4.69, 9.17) is 0 Å². The average Bonchev–Trinajstić information content (AvgIpc) is 2.74. The Morgan fingerprint density at radius 3 is 2.75 bits per heavy atom. The second kappa shape index (κ2) is 3.67. The van der Waals surface area contributed by atoms with Crippen LogP contribution in [0.5, 0.6) is 0 Å². The molecule has 1 radical (unpaired) electrons. The maximum Gasteiger partial charge on any atom is 0.0446 e. The van der Waals surface area contributed by atoms with Crippen LogP contribution in [0.2, 0.25) is 0 Å². The van der Waals surface area contributed by atoms with Gasteiger partial charge in [0.05, 0.1) is 0 Å². The summed E-state index contributed by atoms with van der Waals surface area (Å²) in [5.74, 6) is 0. The van der Waals surface area contributed by atoms with Crippen LogP contribution in [0.4, 0.5) is 11.4 Å². The zero-order valence-electron chi connectivity index (χ0n) is 9.40. The normalized spacial score (nSPS) is 13.9. The Labute approximate surface area is 96.3 Å². The molecule has 0 aromatic heterocycles. The smallest absolute Gasteiger partial charge is 0.0446 e. The van der Waals surface area contributed by atoms with E-state index in [1.807, 2.05) is 6.07 Å². The lowest BCUT2D eigenvalue weighted by Gasteiger charge is -2.21. The molecule has 1 aliphatic heterocycles. The highest BCUT2D eigenvalue weighted by atomic mass is 15.2. The summed E-state index contributed by atoms with van der Waals surface area (Å²) >= 11 is 0. The van der Waals surface area contributed by atoms with Gasteiger partial charge in [-0.05, 0) is 42.7 Å². The Morgan fingerprint density at radius 2 is 1.88 bits per heavy atom. The van der Waals surface area contributed by atoms with E-state index in [1.165, 1.54) is 22.5 Å². The SMILES string of the molecule is Cc1[c]cccc1N1CCc2ccccc21. The van der Waals surface area contributed by atoms with Gasteiger partial charge < -0.3 is 4.90 Å². The summed E-state index contributed by atoms with van der Waals surface area (Å²) in [5, 5.41) is 0. The summed E-state index contributed by atoms with van der Waals surface area (Å²) < 4.78 is 0. The first-order valence-corrected chi connectivity index (χ1v) is 5.69. The van der Waals surface area contributed by atoms with Gasteiger partial charge >= 0.3 is 0 Å². The summed E-state index contributed by atoms with van der Waals surface area (Å²) in [4.78, 5) is 2.39. The molecule has 0 spiro atoms. The largest absolute Gasteiger partial charge is 0.341 e. The number of nitrogens with zero attached hydrogens (tertiary/aromatic N) is 1. The molecule has 0 bridgehead atoms. The first kappa shape index (κ1) is 9.46. The zero-order valence-corrected chi connectivity index (χ0v) is 9.40. The third kappa shape index (κ3) is 1.40. The molecular weight excluding hydrogens is 194 g/mol. The third-order valence-corrected chi connectivity index (χ3v) is 3.21. The van der Waals surface area contributed by atoms with Crippen molar-refractivity contribution in [2.45, 2.75) is 13.3 Å². The Kier molecular flexibility index (Phi) is 2.17. The van der Waals surface area contributed by atoms with Crippen LogP contribution in [0.3, 0.4) is 0 Å². The van der Waals surface area contributed by atoms with Crippen molar-refractivity contribution >= 4 is 11.4 Å². The number of aryl methyl sites for hydroxylation is 1. The summed E-state index contributed by atoms with van der Waals surface area (Å²) in [6, 6.07) is 18.1. The van der Waals surface area contributed by atoms with Crippen LogP contribution in [0.25, 0.3) is 0 Å². The molecule has 3 rings (SSSR count). The molecule has 79 valence electrons. The number of rotatable bonds is 1. The molecule has 1 nitrogen and oxygen atoms in total. The molecule has 0 fully saturated rings. The van der Waals surface area contributed by atoms with Crippen molar-refractivity contribution < 1.29 is 0 Å². The summed E-state index contributed by atoms with van der Waals surface area (Å²) in [5.41, 5.74) is 5.31. The van der Waals surface area contributed by atoms with E-state index in [9.17, 15) is 0 Å². The molecule has 0 saturated carbocycles. The van der Waals surface area contributed by atoms with Crippen molar-refractivity contribution in [2.24, 2.45) is 0 Å². The fraction of sp³-hybridized carbons (Fsp3) is 0.200. The van der Waals surface area contributed by atoms with Gasteiger partial charge in [-0.25, -0.2) is 0 Å². The topological polar surface area (TPSA) is 3.24 Å². The van der Waals surface area contributed by atoms with E-state index in [1.54, 1.807) is 0 Å². The number of anilines is 2. The predicted molar refractivity (Wildman–Crippen MR) is 67.2 cm³/mol. The maximum atomic E-state index is 3.27. The molecule has 0 atom stereocenters. The maximum absolute atomic E-state index is 3.27. The van der Waals surface area contributed by atoms with Gasteiger partial charge in [0.2, 0.25) is 0 Å². The second-order valence-corrected chi connectivity index (χ2v) is 4.21. The van der Waals surface area contributed by atoms with Gasteiger partial charge in [-0.3, -0.25) is 0 Å². The van der Waals surface area contributed by atoms with Gasteiger partial charge in [0, 0.05) is 17.9 Å². The number of benzene rings is 2. The molecule has 16 heavy (non-hydrogen) atoms. The Morgan fingerprint density at radius 1 is 1.06 bits per heavy atom. The first-order valence-electron chi connectivity index (χ1n) is 5.69. The molecule has 0 N–H and O–H groups in total. The van der Waals surface area contributed by atoms with Crippen LogP contribution in [0.15, 0.2) is 42.5 Å². The van der Waals surface area contributed by atoms with Gasteiger partial charge in [0.1, 0.15) is 0 Å². The quantitative estimate of drug-likeness (QED) is 0.693. The van der Waals surface area contributed by atoms with Crippen molar-refractivity contribution in [1.29, 1.82) is 0 Å². The van der Waals surface area contributed by atoms with Crippen molar-refractivity contribution in [1.82, 2.24) is 0 Å². The molecule has 0 aliphatic carbocycles. The van der Waals surface area contributed by atoms with E-state index in [-0.39, 0.29) is 0 Å². The van der Waals surface area contributed by atoms with Gasteiger partial charge in [-0.15, -0.1) is 0 Å².